The van der Waals surface area contributed by atoms with Crippen LogP contribution in [0.5, 0.6) is 11.5 Å². The molecule has 0 bridgehead atoms. The van der Waals surface area contributed by atoms with E-state index in [9.17, 15) is 18.0 Å². The molecule has 0 spiro atoms. The van der Waals surface area contributed by atoms with E-state index in [0.29, 0.717) is 28.9 Å². The lowest BCUT2D eigenvalue weighted by Gasteiger charge is -2.21. The monoisotopic (exact) mass is 594 g/mol. The highest BCUT2D eigenvalue weighted by Gasteiger charge is 2.35. The summed E-state index contributed by atoms with van der Waals surface area (Å²) in [7, 11) is -2.74. The van der Waals surface area contributed by atoms with Gasteiger partial charge in [-0.15, -0.1) is 0 Å². The highest BCUT2D eigenvalue weighted by atomic mass is 32.2. The number of aliphatic carboxylic acids is 1. The lowest BCUT2D eigenvalue weighted by molar-refractivity contribution is -0.136. The second kappa shape index (κ2) is 13.2. The zero-order valence-corrected chi connectivity index (χ0v) is 24.9. The molecule has 0 fully saturated rings. The second-order valence-electron chi connectivity index (χ2n) is 10.1. The summed E-state index contributed by atoms with van der Waals surface area (Å²) < 4.78 is 49.6. The van der Waals surface area contributed by atoms with E-state index in [-0.39, 0.29) is 48.9 Å². The van der Waals surface area contributed by atoms with Gasteiger partial charge in [0.1, 0.15) is 22.8 Å². The van der Waals surface area contributed by atoms with Crippen LogP contribution in [0.2, 0.25) is 0 Å². The number of hydrogen-bond donors (Lipinski definition) is 1. The molecule has 1 aliphatic rings. The van der Waals surface area contributed by atoms with E-state index >= 15 is 0 Å². The first-order chi connectivity index (χ1) is 20.0. The maximum absolute atomic E-state index is 13.5. The molecular weight excluding hydrogens is 560 g/mol. The highest BCUT2D eigenvalue weighted by Crippen LogP contribution is 2.41. The SMILES string of the molecule is COc1ccccc1COCc1c(C)c2c(c(OS(=O)(=O)c3ccc(C)cc3)c1C/C=C(\C)CCC(=O)O)C(=O)OC2. The minimum atomic E-state index is -4.32. The molecule has 42 heavy (non-hydrogen) atoms. The van der Waals surface area contributed by atoms with Gasteiger partial charge in [-0.05, 0) is 62.9 Å². The van der Waals surface area contributed by atoms with E-state index < -0.39 is 22.1 Å². The summed E-state index contributed by atoms with van der Waals surface area (Å²) in [6.07, 6.45) is 2.27. The minimum Gasteiger partial charge on any atom is -0.496 e. The van der Waals surface area contributed by atoms with Gasteiger partial charge in [0.05, 0.1) is 20.3 Å². The summed E-state index contributed by atoms with van der Waals surface area (Å²) in [4.78, 5) is 24.0. The van der Waals surface area contributed by atoms with Crippen molar-refractivity contribution in [2.24, 2.45) is 0 Å². The number of ether oxygens (including phenoxy) is 3. The van der Waals surface area contributed by atoms with Gasteiger partial charge in [0.25, 0.3) is 0 Å². The van der Waals surface area contributed by atoms with E-state index in [1.807, 2.05) is 44.2 Å². The molecule has 0 saturated heterocycles. The van der Waals surface area contributed by atoms with Gasteiger partial charge in [0, 0.05) is 23.1 Å². The predicted molar refractivity (Wildman–Crippen MR) is 155 cm³/mol. The fourth-order valence-electron chi connectivity index (χ4n) is 4.76. The summed E-state index contributed by atoms with van der Waals surface area (Å²) in [6.45, 7) is 5.78. The number of carbonyl (C=O) groups is 2. The standard InChI is InChI=1S/C32H34O9S/c1-20-9-13-24(14-10-20)42(36,37)41-31-25(15-11-21(2)12-16-29(33)34)26(22(3)27-19-40-32(35)30(27)31)18-39-17-23-7-5-6-8-28(23)38-4/h5-11,13-14H,12,15-19H2,1-4H3,(H,33,34)/b21-11+. The first-order valence-corrected chi connectivity index (χ1v) is 14.8. The number of para-hydroxylation sites is 1. The number of rotatable bonds is 13. The molecule has 1 N–H and O–H groups in total. The van der Waals surface area contributed by atoms with Crippen molar-refractivity contribution in [1.29, 1.82) is 0 Å². The number of allylic oxidation sites excluding steroid dienone is 2. The van der Waals surface area contributed by atoms with Gasteiger partial charge in [0.2, 0.25) is 0 Å². The number of cyclic esters (lactones) is 1. The van der Waals surface area contributed by atoms with E-state index in [1.165, 1.54) is 12.1 Å². The van der Waals surface area contributed by atoms with Crippen molar-refractivity contribution >= 4 is 22.1 Å². The molecular formula is C32H34O9S. The molecule has 9 nitrogen and oxygen atoms in total. The first-order valence-electron chi connectivity index (χ1n) is 13.4. The third kappa shape index (κ3) is 7.00. The van der Waals surface area contributed by atoms with Crippen LogP contribution in [0, 0.1) is 13.8 Å². The Morgan fingerprint density at radius 3 is 2.43 bits per heavy atom. The summed E-state index contributed by atoms with van der Waals surface area (Å²) >= 11 is 0. The number of carboxylic acids is 1. The predicted octanol–water partition coefficient (Wildman–Crippen LogP) is 5.82. The average Bonchev–Trinajstić information content (AvgIpc) is 3.35. The maximum Gasteiger partial charge on any atom is 0.342 e. The number of benzene rings is 3. The Balaban J connectivity index is 1.80. The van der Waals surface area contributed by atoms with Crippen LogP contribution >= 0.6 is 0 Å². The fourth-order valence-corrected chi connectivity index (χ4v) is 5.73. The Kier molecular flexibility index (Phi) is 9.70. The smallest absolute Gasteiger partial charge is 0.342 e. The molecule has 3 aromatic rings. The number of hydrogen-bond acceptors (Lipinski definition) is 8. The van der Waals surface area contributed by atoms with Gasteiger partial charge in [-0.3, -0.25) is 4.79 Å². The zero-order valence-electron chi connectivity index (χ0n) is 24.1. The fraction of sp³-hybridized carbons (Fsp3) is 0.312. The number of esters is 1. The normalized spacial score (nSPS) is 13.0. The molecule has 0 atom stereocenters. The molecule has 1 heterocycles. The Bertz CT molecular complexity index is 1620. The van der Waals surface area contributed by atoms with Crippen LogP contribution in [0.3, 0.4) is 0 Å². The van der Waals surface area contributed by atoms with Gasteiger partial charge in [-0.25, -0.2) is 4.79 Å². The number of carboxylic acid groups (broad SMARTS) is 1. The van der Waals surface area contributed by atoms with Gasteiger partial charge in [-0.2, -0.15) is 8.42 Å². The lowest BCUT2D eigenvalue weighted by atomic mass is 9.90. The molecule has 1 aliphatic heterocycles. The average molecular weight is 595 g/mol. The highest BCUT2D eigenvalue weighted by molar-refractivity contribution is 7.87. The Hall–Kier alpha value is -4.15. The maximum atomic E-state index is 13.5. The van der Waals surface area contributed by atoms with Crippen LogP contribution in [0.4, 0.5) is 0 Å². The van der Waals surface area contributed by atoms with Crippen molar-refractivity contribution in [3.05, 3.63) is 99.1 Å². The second-order valence-corrected chi connectivity index (χ2v) is 11.7. The molecule has 10 heteroatoms. The molecule has 0 saturated carbocycles. The molecule has 0 radical (unpaired) electrons. The van der Waals surface area contributed by atoms with Gasteiger partial charge >= 0.3 is 22.1 Å². The number of carbonyl (C=O) groups excluding carboxylic acids is 1. The molecule has 4 rings (SSSR count). The quantitative estimate of drug-likeness (QED) is 0.148. The van der Waals surface area contributed by atoms with Crippen molar-refractivity contribution < 1.29 is 41.5 Å². The van der Waals surface area contributed by atoms with Crippen LogP contribution in [0.1, 0.15) is 63.5 Å². The Morgan fingerprint density at radius 1 is 1.02 bits per heavy atom. The van der Waals surface area contributed by atoms with Crippen LogP contribution in [0.25, 0.3) is 0 Å². The summed E-state index contributed by atoms with van der Waals surface area (Å²) in [5.41, 5.74) is 4.99. The number of methoxy groups -OCH3 is 1. The molecule has 222 valence electrons. The van der Waals surface area contributed by atoms with Crippen LogP contribution in [-0.2, 0) is 50.6 Å². The first kappa shape index (κ1) is 30.8. The van der Waals surface area contributed by atoms with E-state index in [2.05, 4.69) is 0 Å². The molecule has 0 aliphatic carbocycles. The number of fused-ring (bicyclic) bond motifs is 1. The van der Waals surface area contributed by atoms with Crippen molar-refractivity contribution in [2.75, 3.05) is 7.11 Å². The van der Waals surface area contributed by atoms with Gasteiger partial charge < -0.3 is 23.5 Å². The number of aryl methyl sites for hydroxylation is 1. The molecule has 0 aromatic heterocycles. The third-order valence-corrected chi connectivity index (χ3v) is 8.45. The Labute approximate surface area is 245 Å². The van der Waals surface area contributed by atoms with Crippen LogP contribution in [0.15, 0.2) is 65.1 Å². The molecule has 0 amide bonds. The van der Waals surface area contributed by atoms with Crippen molar-refractivity contribution in [3.63, 3.8) is 0 Å². The summed E-state index contributed by atoms with van der Waals surface area (Å²) in [6, 6.07) is 13.7. The van der Waals surface area contributed by atoms with Gasteiger partial charge in [0.15, 0.2) is 5.75 Å². The lowest BCUT2D eigenvalue weighted by Crippen LogP contribution is -2.16. The van der Waals surface area contributed by atoms with Crippen LogP contribution < -0.4 is 8.92 Å². The summed E-state index contributed by atoms with van der Waals surface area (Å²) in [5, 5.41) is 9.10. The summed E-state index contributed by atoms with van der Waals surface area (Å²) in [5.74, 6) is -1.02. The van der Waals surface area contributed by atoms with Crippen molar-refractivity contribution in [3.8, 4) is 11.5 Å². The van der Waals surface area contributed by atoms with Crippen molar-refractivity contribution in [2.45, 2.75) is 64.7 Å². The van der Waals surface area contributed by atoms with E-state index in [1.54, 1.807) is 26.2 Å². The molecule has 3 aromatic carbocycles. The van der Waals surface area contributed by atoms with E-state index in [4.69, 9.17) is 23.5 Å². The van der Waals surface area contributed by atoms with Crippen molar-refractivity contribution in [1.82, 2.24) is 0 Å². The van der Waals surface area contributed by atoms with Gasteiger partial charge in [-0.1, -0.05) is 47.5 Å². The minimum absolute atomic E-state index is 0.0196. The zero-order chi connectivity index (χ0) is 30.4. The third-order valence-electron chi connectivity index (χ3n) is 7.21. The molecule has 0 unspecified atom stereocenters. The topological polar surface area (TPSA) is 125 Å². The van der Waals surface area contributed by atoms with Crippen LogP contribution in [-0.4, -0.2) is 32.6 Å². The Morgan fingerprint density at radius 2 is 1.74 bits per heavy atom. The van der Waals surface area contributed by atoms with E-state index in [0.717, 1.165) is 22.3 Å². The largest absolute Gasteiger partial charge is 0.496 e.